The molecule has 1 aromatic carbocycles. The number of benzene rings is 1. The molecule has 7 unspecified atom stereocenters. The smallest absolute Gasteiger partial charge is 0.115 e. The molecule has 39 heavy (non-hydrogen) atoms. The number of aromatic hydroxyl groups is 1. The van der Waals surface area contributed by atoms with Crippen LogP contribution in [0.2, 0.25) is 0 Å². The highest BCUT2D eigenvalue weighted by Crippen LogP contribution is 2.67. The van der Waals surface area contributed by atoms with Crippen LogP contribution in [0.4, 0.5) is 0 Å². The highest BCUT2D eigenvalue weighted by Gasteiger charge is 2.71. The Morgan fingerprint density at radius 3 is 2.56 bits per heavy atom. The number of rotatable bonds is 3. The maximum atomic E-state index is 10.4. The molecule has 2 spiro atoms. The van der Waals surface area contributed by atoms with Gasteiger partial charge in [0.1, 0.15) is 5.75 Å². The average Bonchev–Trinajstić information content (AvgIpc) is 3.60. The van der Waals surface area contributed by atoms with Crippen molar-refractivity contribution >= 4 is 0 Å². The quantitative estimate of drug-likeness (QED) is 0.401. The van der Waals surface area contributed by atoms with Crippen LogP contribution in [0.1, 0.15) is 108 Å². The second-order valence-corrected chi connectivity index (χ2v) is 14.9. The first-order valence-electron chi connectivity index (χ1n) is 16.2. The topological polar surface area (TPSA) is 75.7 Å². The Kier molecular flexibility index (Phi) is 6.42. The largest absolute Gasteiger partial charge is 0.508 e. The molecule has 4 bridgehead atoms. The second-order valence-electron chi connectivity index (χ2n) is 14.9. The number of ether oxygens (including phenoxy) is 1. The molecule has 4 saturated carbocycles. The van der Waals surface area contributed by atoms with Crippen molar-refractivity contribution in [3.05, 3.63) is 29.3 Å². The summed E-state index contributed by atoms with van der Waals surface area (Å²) in [6.07, 6.45) is 18.7. The molecule has 0 amide bonds. The van der Waals surface area contributed by atoms with Crippen molar-refractivity contribution in [2.45, 2.75) is 126 Å². The zero-order valence-corrected chi connectivity index (χ0v) is 24.0. The van der Waals surface area contributed by atoms with Gasteiger partial charge in [-0.15, -0.1) is 0 Å². The Morgan fingerprint density at radius 2 is 1.79 bits per heavy atom. The fourth-order valence-electron chi connectivity index (χ4n) is 11.4. The van der Waals surface area contributed by atoms with Crippen LogP contribution in [-0.2, 0) is 17.6 Å². The zero-order chi connectivity index (χ0) is 26.9. The van der Waals surface area contributed by atoms with Gasteiger partial charge < -0.3 is 20.7 Å². The van der Waals surface area contributed by atoms with Crippen molar-refractivity contribution in [2.75, 3.05) is 6.61 Å². The molecule has 7 atom stereocenters. The van der Waals surface area contributed by atoms with Crippen LogP contribution in [0.25, 0.3) is 0 Å². The fourth-order valence-corrected chi connectivity index (χ4v) is 11.4. The van der Waals surface area contributed by atoms with E-state index in [1.54, 1.807) is 0 Å². The van der Waals surface area contributed by atoms with Crippen LogP contribution < -0.4 is 5.73 Å². The van der Waals surface area contributed by atoms with Crippen LogP contribution in [0.15, 0.2) is 18.2 Å². The molecule has 2 aliphatic heterocycles. The lowest BCUT2D eigenvalue weighted by Gasteiger charge is -2.70. The predicted octanol–water partition coefficient (Wildman–Crippen LogP) is 6.29. The molecule has 8 rings (SSSR count). The van der Waals surface area contributed by atoms with Crippen LogP contribution in [0.3, 0.4) is 0 Å². The number of nitrogens with two attached hydrogens (primary N) is 1. The lowest BCUT2D eigenvalue weighted by molar-refractivity contribution is -0.329. The Bertz CT molecular complexity index is 1160. The summed E-state index contributed by atoms with van der Waals surface area (Å²) in [6, 6.07) is 5.95. The van der Waals surface area contributed by atoms with Gasteiger partial charge in [0.05, 0.1) is 17.1 Å². The fraction of sp³-hybridized carbons (Fsp3) is 0.771. The maximum absolute atomic E-state index is 10.4. The number of aliphatic hydroxyl groups excluding tert-OH is 1. The third-order valence-electron chi connectivity index (χ3n) is 12.9. The van der Waals surface area contributed by atoms with Crippen LogP contribution >= 0.6 is 0 Å². The number of phenolic OH excluding ortho intramolecular Hbond substituents is 1. The van der Waals surface area contributed by atoms with E-state index < -0.39 is 5.54 Å². The van der Waals surface area contributed by atoms with E-state index in [-0.39, 0.29) is 29.6 Å². The first-order chi connectivity index (χ1) is 18.8. The maximum Gasteiger partial charge on any atom is 0.115 e. The minimum Gasteiger partial charge on any atom is -0.508 e. The van der Waals surface area contributed by atoms with Crippen molar-refractivity contribution in [1.82, 2.24) is 0 Å². The summed E-state index contributed by atoms with van der Waals surface area (Å²) in [5.41, 5.74) is 9.48. The molecule has 5 aliphatic carbocycles. The Labute approximate surface area is 235 Å². The average molecular weight is 532 g/mol. The summed E-state index contributed by atoms with van der Waals surface area (Å²) in [6.45, 7) is 2.52. The Balaban J connectivity index is 1.39. The van der Waals surface area contributed by atoms with E-state index in [1.165, 1.54) is 81.8 Å². The molecule has 4 nitrogen and oxygen atoms in total. The molecule has 0 radical (unpaired) electrons. The van der Waals surface area contributed by atoms with Crippen LogP contribution in [0, 0.1) is 46.8 Å². The van der Waals surface area contributed by atoms with Gasteiger partial charge in [-0.2, -0.15) is 0 Å². The van der Waals surface area contributed by atoms with Gasteiger partial charge in [0.15, 0.2) is 0 Å². The van der Waals surface area contributed by atoms with Crippen molar-refractivity contribution < 1.29 is 14.9 Å². The molecule has 212 valence electrons. The first kappa shape index (κ1) is 26.4. The molecular formula is C35H49NO3. The van der Waals surface area contributed by atoms with Gasteiger partial charge in [0.25, 0.3) is 0 Å². The van der Waals surface area contributed by atoms with Crippen molar-refractivity contribution in [2.24, 2.45) is 40.7 Å². The van der Waals surface area contributed by atoms with E-state index in [0.29, 0.717) is 41.8 Å². The number of hydrogen-bond donors (Lipinski definition) is 3. The van der Waals surface area contributed by atoms with Crippen LogP contribution in [-0.4, -0.2) is 33.6 Å². The van der Waals surface area contributed by atoms with Gasteiger partial charge in [0.2, 0.25) is 0 Å². The van der Waals surface area contributed by atoms with E-state index in [2.05, 4.69) is 24.8 Å². The number of fused-ring (bicyclic) bond motifs is 5. The molecule has 2 saturated heterocycles. The third kappa shape index (κ3) is 4.04. The van der Waals surface area contributed by atoms with Gasteiger partial charge in [-0.25, -0.2) is 0 Å². The number of phenols is 1. The highest BCUT2D eigenvalue weighted by atomic mass is 16.5. The van der Waals surface area contributed by atoms with Crippen molar-refractivity contribution in [1.29, 1.82) is 0 Å². The Hall–Kier alpha value is -1.54. The van der Waals surface area contributed by atoms with Crippen molar-refractivity contribution in [3.8, 4) is 17.6 Å². The molecule has 1 aromatic rings. The van der Waals surface area contributed by atoms with Gasteiger partial charge >= 0.3 is 0 Å². The Morgan fingerprint density at radius 1 is 1.00 bits per heavy atom. The minimum absolute atomic E-state index is 0.0635. The lowest BCUT2D eigenvalue weighted by atomic mass is 9.45. The van der Waals surface area contributed by atoms with Gasteiger partial charge in [0, 0.05) is 24.5 Å². The van der Waals surface area contributed by atoms with Crippen molar-refractivity contribution in [3.63, 3.8) is 0 Å². The summed E-state index contributed by atoms with van der Waals surface area (Å²) in [4.78, 5) is 0. The summed E-state index contributed by atoms with van der Waals surface area (Å²) >= 11 is 0. The molecule has 0 aromatic heterocycles. The van der Waals surface area contributed by atoms with E-state index >= 15 is 0 Å². The normalized spacial score (nSPS) is 42.8. The standard InChI is InChI=1S/C35H49NO3/c1-32(27-8-2-3-9-27)30-13-16-35(39-32)28-20-24(22-33(23-28)14-4-5-15-33)19-26-11-12-29(38)21-25(26)7-6-10-31(35)34(30,36)17-18-37/h11-12,21,24,27-28,30-31,37-38H,2-5,7-9,13-20,22-23,36H2,1H3. The summed E-state index contributed by atoms with van der Waals surface area (Å²) in [5, 5.41) is 20.8. The molecule has 4 N–H and O–H groups in total. The summed E-state index contributed by atoms with van der Waals surface area (Å²) in [5.74, 6) is 9.51. The molecule has 4 heteroatoms. The second kappa shape index (κ2) is 9.50. The molecular weight excluding hydrogens is 482 g/mol. The predicted molar refractivity (Wildman–Crippen MR) is 154 cm³/mol. The summed E-state index contributed by atoms with van der Waals surface area (Å²) in [7, 11) is 0. The van der Waals surface area contributed by atoms with Gasteiger partial charge in [-0.1, -0.05) is 43.6 Å². The SMILES string of the molecule is CC1(C2CCCC2)OC23CCC1C(N)(CCO)C2C#CCc1cc(O)ccc1CC1CC3CC2(CCCC2)C1. The lowest BCUT2D eigenvalue weighted by Crippen LogP contribution is -2.79. The van der Waals surface area contributed by atoms with E-state index in [9.17, 15) is 10.2 Å². The van der Waals surface area contributed by atoms with E-state index in [1.807, 2.05) is 12.1 Å². The third-order valence-corrected chi connectivity index (χ3v) is 12.9. The van der Waals surface area contributed by atoms with Crippen LogP contribution in [0.5, 0.6) is 5.75 Å². The minimum atomic E-state index is -0.541. The zero-order valence-electron chi connectivity index (χ0n) is 24.0. The van der Waals surface area contributed by atoms with E-state index in [4.69, 9.17) is 10.5 Å². The highest BCUT2D eigenvalue weighted by molar-refractivity contribution is 5.39. The number of aliphatic hydroxyl groups is 1. The summed E-state index contributed by atoms with van der Waals surface area (Å²) < 4.78 is 7.74. The monoisotopic (exact) mass is 531 g/mol. The molecule has 7 aliphatic rings. The van der Waals surface area contributed by atoms with Gasteiger partial charge in [-0.3, -0.25) is 0 Å². The number of hydrogen-bond acceptors (Lipinski definition) is 4. The first-order valence-corrected chi connectivity index (χ1v) is 16.2. The van der Waals surface area contributed by atoms with E-state index in [0.717, 1.165) is 19.3 Å². The molecule has 2 heterocycles. The van der Waals surface area contributed by atoms with Gasteiger partial charge in [-0.05, 0) is 124 Å². The molecule has 6 fully saturated rings.